The van der Waals surface area contributed by atoms with Crippen molar-refractivity contribution in [2.45, 2.75) is 31.5 Å². The Balaban J connectivity index is 1.63. The lowest BCUT2D eigenvalue weighted by molar-refractivity contribution is -0.148. The van der Waals surface area contributed by atoms with Crippen molar-refractivity contribution in [3.05, 3.63) is 89.5 Å². The highest BCUT2D eigenvalue weighted by atomic mass is 16.5. The molecule has 2 unspecified atom stereocenters. The highest BCUT2D eigenvalue weighted by molar-refractivity contribution is 5.90. The van der Waals surface area contributed by atoms with Gasteiger partial charge in [0, 0.05) is 12.2 Å². The Bertz CT molecular complexity index is 1250. The summed E-state index contributed by atoms with van der Waals surface area (Å²) in [6.45, 7) is 0.729. The molecule has 3 aromatic carbocycles. The molecule has 1 heterocycles. The summed E-state index contributed by atoms with van der Waals surface area (Å²) in [6.07, 6.45) is 1.04. The second-order valence-electron chi connectivity index (χ2n) is 8.48. The van der Waals surface area contributed by atoms with E-state index in [1.807, 2.05) is 30.3 Å². The van der Waals surface area contributed by atoms with Crippen molar-refractivity contribution in [1.82, 2.24) is 4.90 Å². The number of aliphatic carboxylic acids is 1. The molecule has 1 amide bonds. The average Bonchev–Trinajstić information content (AvgIpc) is 3.42. The number of amides is 1. The molecule has 184 valence electrons. The minimum atomic E-state index is -1.01. The zero-order valence-electron chi connectivity index (χ0n) is 19.9. The van der Waals surface area contributed by atoms with Gasteiger partial charge in [0.15, 0.2) is 11.5 Å². The summed E-state index contributed by atoms with van der Waals surface area (Å²) in [5, 5.41) is 21.9. The zero-order valence-corrected chi connectivity index (χ0v) is 19.9. The normalized spacial score (nSPS) is 15.6. The van der Waals surface area contributed by atoms with Crippen LogP contribution < -0.4 is 14.8 Å². The van der Waals surface area contributed by atoms with Gasteiger partial charge in [-0.2, -0.15) is 5.26 Å². The van der Waals surface area contributed by atoms with E-state index in [1.54, 1.807) is 42.5 Å². The van der Waals surface area contributed by atoms with Gasteiger partial charge in [-0.15, -0.1) is 0 Å². The Kier molecular flexibility index (Phi) is 7.71. The molecular formula is C28H27N3O5. The number of carboxylic acid groups (broad SMARTS) is 1. The molecule has 0 spiro atoms. The van der Waals surface area contributed by atoms with Crippen molar-refractivity contribution in [3.8, 4) is 17.6 Å². The van der Waals surface area contributed by atoms with Crippen molar-refractivity contribution >= 4 is 17.6 Å². The molecule has 0 aliphatic carbocycles. The van der Waals surface area contributed by atoms with Gasteiger partial charge in [-0.3, -0.25) is 4.79 Å². The van der Waals surface area contributed by atoms with Gasteiger partial charge in [0.1, 0.15) is 18.7 Å². The summed E-state index contributed by atoms with van der Waals surface area (Å²) >= 11 is 0. The molecule has 0 bridgehead atoms. The fourth-order valence-corrected chi connectivity index (χ4v) is 4.27. The number of rotatable bonds is 9. The lowest BCUT2D eigenvalue weighted by atomic mass is 10.0. The number of anilines is 1. The van der Waals surface area contributed by atoms with Crippen LogP contribution in [0.1, 0.15) is 35.6 Å². The number of carbonyl (C=O) groups excluding carboxylic acids is 1. The van der Waals surface area contributed by atoms with Crippen LogP contribution in [-0.2, 0) is 16.2 Å². The molecule has 1 fully saturated rings. The lowest BCUT2D eigenvalue weighted by Crippen LogP contribution is -2.44. The van der Waals surface area contributed by atoms with Crippen LogP contribution >= 0.6 is 0 Å². The molecule has 8 nitrogen and oxygen atoms in total. The van der Waals surface area contributed by atoms with Gasteiger partial charge >= 0.3 is 5.97 Å². The number of methoxy groups -OCH3 is 1. The van der Waals surface area contributed by atoms with E-state index in [-0.39, 0.29) is 5.91 Å². The van der Waals surface area contributed by atoms with Crippen LogP contribution in [0.15, 0.2) is 72.8 Å². The Morgan fingerprint density at radius 2 is 1.86 bits per heavy atom. The number of hydrogen-bond acceptors (Lipinski definition) is 6. The van der Waals surface area contributed by atoms with Gasteiger partial charge in [-0.05, 0) is 60.4 Å². The predicted octanol–water partition coefficient (Wildman–Crippen LogP) is 4.37. The molecule has 8 heteroatoms. The number of nitrogens with zero attached hydrogens (tertiary/aromatic N) is 2. The Hall–Kier alpha value is -4.51. The number of carbonyl (C=O) groups is 2. The van der Waals surface area contributed by atoms with Crippen LogP contribution in [0, 0.1) is 11.3 Å². The third-order valence-corrected chi connectivity index (χ3v) is 6.15. The third kappa shape index (κ3) is 5.58. The first-order valence-electron chi connectivity index (χ1n) is 11.6. The van der Waals surface area contributed by atoms with Crippen molar-refractivity contribution in [3.63, 3.8) is 0 Å². The van der Waals surface area contributed by atoms with Crippen LogP contribution in [-0.4, -0.2) is 41.6 Å². The fourth-order valence-electron chi connectivity index (χ4n) is 4.27. The maximum absolute atomic E-state index is 13.7. The number of hydrogen-bond donors (Lipinski definition) is 2. The first-order valence-corrected chi connectivity index (χ1v) is 11.6. The largest absolute Gasteiger partial charge is 0.493 e. The molecule has 2 N–H and O–H groups in total. The zero-order chi connectivity index (χ0) is 25.5. The van der Waals surface area contributed by atoms with Gasteiger partial charge in [-0.1, -0.05) is 36.4 Å². The second kappa shape index (κ2) is 11.3. The molecule has 1 aliphatic heterocycles. The second-order valence-corrected chi connectivity index (χ2v) is 8.48. The Labute approximate surface area is 209 Å². The molecule has 0 radical (unpaired) electrons. The smallest absolute Gasteiger partial charge is 0.326 e. The summed E-state index contributed by atoms with van der Waals surface area (Å²) in [4.78, 5) is 26.8. The molecule has 3 aromatic rings. The molecule has 2 atom stereocenters. The van der Waals surface area contributed by atoms with Gasteiger partial charge in [0.2, 0.25) is 5.91 Å². The summed E-state index contributed by atoms with van der Waals surface area (Å²) in [5.74, 6) is -0.372. The highest BCUT2D eigenvalue weighted by Gasteiger charge is 2.38. The summed E-state index contributed by atoms with van der Waals surface area (Å²) < 4.78 is 11.5. The quantitative estimate of drug-likeness (QED) is 0.463. The number of carboxylic acids is 1. The van der Waals surface area contributed by atoms with E-state index in [0.717, 1.165) is 5.56 Å². The first kappa shape index (κ1) is 24.6. The van der Waals surface area contributed by atoms with Gasteiger partial charge < -0.3 is 24.8 Å². The van der Waals surface area contributed by atoms with Crippen molar-refractivity contribution in [1.29, 1.82) is 5.26 Å². The van der Waals surface area contributed by atoms with Crippen LogP contribution in [0.25, 0.3) is 0 Å². The standard InChI is InChI=1S/C28H27N3O5/c1-35-25-16-21(11-14-24(25)36-18-20-6-3-2-4-7-20)26(30-22-12-9-19(17-29)10-13-22)27(32)31-15-5-8-23(31)28(33)34/h2-4,6-7,9-14,16,23,26,30H,5,8,15,18H2,1H3,(H,33,34). The summed E-state index contributed by atoms with van der Waals surface area (Å²) in [5.41, 5.74) is 2.73. The molecule has 0 aromatic heterocycles. The van der Waals surface area contributed by atoms with Gasteiger partial charge in [-0.25, -0.2) is 4.79 Å². The Morgan fingerprint density at radius 3 is 2.53 bits per heavy atom. The molecular weight excluding hydrogens is 458 g/mol. The minimum Gasteiger partial charge on any atom is -0.493 e. The van der Waals surface area contributed by atoms with Crippen LogP contribution in [0.4, 0.5) is 5.69 Å². The van der Waals surface area contributed by atoms with E-state index in [9.17, 15) is 14.7 Å². The van der Waals surface area contributed by atoms with E-state index in [4.69, 9.17) is 14.7 Å². The SMILES string of the molecule is COc1cc(C(Nc2ccc(C#N)cc2)C(=O)N2CCCC2C(=O)O)ccc1OCc1ccccc1. The van der Waals surface area contributed by atoms with Crippen molar-refractivity contribution in [2.75, 3.05) is 19.0 Å². The molecule has 1 aliphatic rings. The van der Waals surface area contributed by atoms with Crippen LogP contribution in [0.2, 0.25) is 0 Å². The molecule has 36 heavy (non-hydrogen) atoms. The maximum Gasteiger partial charge on any atom is 0.326 e. The monoisotopic (exact) mass is 485 g/mol. The topological polar surface area (TPSA) is 112 Å². The number of likely N-dealkylation sites (tertiary alicyclic amines) is 1. The number of nitrogens with one attached hydrogen (secondary N) is 1. The average molecular weight is 486 g/mol. The van der Waals surface area contributed by atoms with Crippen molar-refractivity contribution in [2.24, 2.45) is 0 Å². The van der Waals surface area contributed by atoms with E-state index in [0.29, 0.717) is 54.3 Å². The summed E-state index contributed by atoms with van der Waals surface area (Å²) in [7, 11) is 1.53. The van der Waals surface area contributed by atoms with E-state index in [1.165, 1.54) is 12.0 Å². The number of ether oxygens (including phenoxy) is 2. The van der Waals surface area contributed by atoms with Crippen LogP contribution in [0.3, 0.4) is 0 Å². The fraction of sp³-hybridized carbons (Fsp3) is 0.250. The maximum atomic E-state index is 13.7. The van der Waals surface area contributed by atoms with Crippen molar-refractivity contribution < 1.29 is 24.2 Å². The van der Waals surface area contributed by atoms with Gasteiger partial charge in [0.05, 0.1) is 18.7 Å². The summed E-state index contributed by atoms with van der Waals surface area (Å²) in [6, 6.07) is 22.1. The minimum absolute atomic E-state index is 0.343. The molecule has 1 saturated heterocycles. The first-order chi connectivity index (χ1) is 17.5. The number of benzene rings is 3. The lowest BCUT2D eigenvalue weighted by Gasteiger charge is -2.28. The predicted molar refractivity (Wildman–Crippen MR) is 134 cm³/mol. The highest BCUT2D eigenvalue weighted by Crippen LogP contribution is 2.34. The molecule has 4 rings (SSSR count). The van der Waals surface area contributed by atoms with E-state index >= 15 is 0 Å². The third-order valence-electron chi connectivity index (χ3n) is 6.15. The molecule has 0 saturated carbocycles. The number of nitriles is 1. The van der Waals surface area contributed by atoms with E-state index < -0.39 is 18.1 Å². The Morgan fingerprint density at radius 1 is 1.11 bits per heavy atom. The van der Waals surface area contributed by atoms with Crippen LogP contribution in [0.5, 0.6) is 11.5 Å². The van der Waals surface area contributed by atoms with E-state index in [2.05, 4.69) is 11.4 Å². The van der Waals surface area contributed by atoms with Gasteiger partial charge in [0.25, 0.3) is 0 Å².